The van der Waals surface area contributed by atoms with Crippen molar-refractivity contribution in [2.75, 3.05) is 6.61 Å². The fourth-order valence-electron chi connectivity index (χ4n) is 1.70. The summed E-state index contributed by atoms with van der Waals surface area (Å²) in [4.78, 5) is 0. The lowest BCUT2D eigenvalue weighted by atomic mass is 10.1. The van der Waals surface area contributed by atoms with E-state index in [-0.39, 0.29) is 6.61 Å². The van der Waals surface area contributed by atoms with E-state index in [1.807, 2.05) is 12.1 Å². The number of aliphatic hydroxyl groups is 1. The average molecular weight is 213 g/mol. The van der Waals surface area contributed by atoms with E-state index < -0.39 is 0 Å². The molecule has 0 amide bonds. The Bertz CT molecular complexity index is 336. The average Bonchev–Trinajstić information content (AvgIpc) is 2.41. The topological polar surface area (TPSA) is 29.5 Å². The van der Waals surface area contributed by atoms with E-state index in [1.165, 1.54) is 0 Å². The van der Waals surface area contributed by atoms with Gasteiger partial charge in [0.2, 0.25) is 0 Å². The van der Waals surface area contributed by atoms with Gasteiger partial charge in [-0.05, 0) is 42.5 Å². The Labute approximate surface area is 88.5 Å². The summed E-state index contributed by atoms with van der Waals surface area (Å²) in [5.74, 6) is 0.879. The molecule has 1 aliphatic heterocycles. The second-order valence-electron chi connectivity index (χ2n) is 3.52. The van der Waals surface area contributed by atoms with Crippen LogP contribution in [0, 0.1) is 0 Å². The minimum Gasteiger partial charge on any atom is -0.493 e. The van der Waals surface area contributed by atoms with Crippen LogP contribution < -0.4 is 4.74 Å². The Balaban J connectivity index is 2.41. The maximum atomic E-state index is 9.07. The third-order valence-electron chi connectivity index (χ3n) is 2.50. The number of ether oxygens (including phenoxy) is 1. The quantitative estimate of drug-likeness (QED) is 0.775. The van der Waals surface area contributed by atoms with E-state index in [4.69, 9.17) is 21.4 Å². The molecule has 0 bridgehead atoms. The van der Waals surface area contributed by atoms with Crippen LogP contribution in [0.15, 0.2) is 12.1 Å². The van der Waals surface area contributed by atoms with Crippen molar-refractivity contribution in [2.45, 2.75) is 25.9 Å². The van der Waals surface area contributed by atoms with Gasteiger partial charge in [-0.15, -0.1) is 0 Å². The van der Waals surface area contributed by atoms with Crippen LogP contribution in [0.5, 0.6) is 5.75 Å². The Morgan fingerprint density at radius 2 is 2.21 bits per heavy atom. The SMILES string of the molecule is OCc1cc2c(cc1Cl)OCCCC2. The lowest BCUT2D eigenvalue weighted by molar-refractivity contribution is 0.281. The Morgan fingerprint density at radius 1 is 1.36 bits per heavy atom. The first-order valence-electron chi connectivity index (χ1n) is 4.86. The molecule has 0 saturated heterocycles. The van der Waals surface area contributed by atoms with Gasteiger partial charge in [-0.1, -0.05) is 11.6 Å². The molecule has 0 aromatic heterocycles. The van der Waals surface area contributed by atoms with Crippen LogP contribution in [0.4, 0.5) is 0 Å². The van der Waals surface area contributed by atoms with Crippen LogP contribution in [0.25, 0.3) is 0 Å². The van der Waals surface area contributed by atoms with Gasteiger partial charge in [0.25, 0.3) is 0 Å². The molecule has 3 heteroatoms. The van der Waals surface area contributed by atoms with E-state index in [2.05, 4.69) is 0 Å². The molecule has 0 fully saturated rings. The summed E-state index contributed by atoms with van der Waals surface area (Å²) >= 11 is 5.97. The highest BCUT2D eigenvalue weighted by Crippen LogP contribution is 2.30. The Hall–Kier alpha value is -0.730. The predicted molar refractivity (Wildman–Crippen MR) is 55.8 cm³/mol. The van der Waals surface area contributed by atoms with Crippen LogP contribution >= 0.6 is 11.6 Å². The molecule has 0 saturated carbocycles. The highest BCUT2D eigenvalue weighted by molar-refractivity contribution is 6.31. The molecule has 0 atom stereocenters. The largest absolute Gasteiger partial charge is 0.493 e. The molecular weight excluding hydrogens is 200 g/mol. The molecule has 0 spiro atoms. The summed E-state index contributed by atoms with van der Waals surface area (Å²) in [5, 5.41) is 9.66. The van der Waals surface area contributed by atoms with E-state index in [9.17, 15) is 0 Å². The molecule has 1 aromatic rings. The first-order valence-corrected chi connectivity index (χ1v) is 5.24. The number of aliphatic hydroxyl groups excluding tert-OH is 1. The van der Waals surface area contributed by atoms with Crippen LogP contribution in [-0.4, -0.2) is 11.7 Å². The fraction of sp³-hybridized carbons (Fsp3) is 0.455. The highest BCUT2D eigenvalue weighted by Gasteiger charge is 2.11. The van der Waals surface area contributed by atoms with Gasteiger partial charge in [0.1, 0.15) is 5.75 Å². The molecule has 1 aliphatic rings. The van der Waals surface area contributed by atoms with Gasteiger partial charge >= 0.3 is 0 Å². The number of aryl methyl sites for hydroxylation is 1. The van der Waals surface area contributed by atoms with Crippen LogP contribution in [0.1, 0.15) is 24.0 Å². The smallest absolute Gasteiger partial charge is 0.123 e. The zero-order valence-corrected chi connectivity index (χ0v) is 8.68. The number of rotatable bonds is 1. The van der Waals surface area contributed by atoms with E-state index >= 15 is 0 Å². The first-order chi connectivity index (χ1) is 6.81. The summed E-state index contributed by atoms with van der Waals surface area (Å²) in [6.07, 6.45) is 3.24. The van der Waals surface area contributed by atoms with Gasteiger partial charge in [-0.3, -0.25) is 0 Å². The van der Waals surface area contributed by atoms with Gasteiger partial charge in [0.05, 0.1) is 13.2 Å². The number of hydrogen-bond acceptors (Lipinski definition) is 2. The number of fused-ring (bicyclic) bond motifs is 1. The van der Waals surface area contributed by atoms with E-state index in [0.717, 1.165) is 42.7 Å². The molecule has 14 heavy (non-hydrogen) atoms. The van der Waals surface area contributed by atoms with Gasteiger partial charge < -0.3 is 9.84 Å². The molecule has 2 rings (SSSR count). The number of hydrogen-bond donors (Lipinski definition) is 1. The molecule has 2 nitrogen and oxygen atoms in total. The van der Waals surface area contributed by atoms with Crippen LogP contribution in [-0.2, 0) is 13.0 Å². The summed E-state index contributed by atoms with van der Waals surface area (Å²) in [6, 6.07) is 3.76. The van der Waals surface area contributed by atoms with Gasteiger partial charge in [-0.25, -0.2) is 0 Å². The molecule has 0 radical (unpaired) electrons. The maximum Gasteiger partial charge on any atom is 0.123 e. The zero-order valence-electron chi connectivity index (χ0n) is 7.92. The van der Waals surface area contributed by atoms with Crippen molar-refractivity contribution in [1.82, 2.24) is 0 Å². The summed E-state index contributed by atoms with van der Waals surface area (Å²) in [5.41, 5.74) is 1.95. The Kier molecular flexibility index (Phi) is 2.94. The van der Waals surface area contributed by atoms with Gasteiger partial charge in [0.15, 0.2) is 0 Å². The molecule has 1 aromatic carbocycles. The lowest BCUT2D eigenvalue weighted by Crippen LogP contribution is -1.96. The van der Waals surface area contributed by atoms with Gasteiger partial charge in [0, 0.05) is 5.02 Å². The molecular formula is C11H13ClO2. The van der Waals surface area contributed by atoms with Crippen molar-refractivity contribution in [3.63, 3.8) is 0 Å². The first kappa shape index (κ1) is 9.81. The molecule has 1 N–H and O–H groups in total. The minimum atomic E-state index is -0.00782. The van der Waals surface area contributed by atoms with Crippen molar-refractivity contribution in [3.8, 4) is 5.75 Å². The monoisotopic (exact) mass is 212 g/mol. The summed E-state index contributed by atoms with van der Waals surface area (Å²) in [6.45, 7) is 0.758. The van der Waals surface area contributed by atoms with Crippen molar-refractivity contribution in [1.29, 1.82) is 0 Å². The predicted octanol–water partition coefficient (Wildman–Crippen LogP) is 2.55. The zero-order chi connectivity index (χ0) is 9.97. The highest BCUT2D eigenvalue weighted by atomic mass is 35.5. The Morgan fingerprint density at radius 3 is 3.00 bits per heavy atom. The van der Waals surface area contributed by atoms with E-state index in [0.29, 0.717) is 5.02 Å². The fourth-order valence-corrected chi connectivity index (χ4v) is 1.91. The maximum absolute atomic E-state index is 9.07. The van der Waals surface area contributed by atoms with Crippen molar-refractivity contribution < 1.29 is 9.84 Å². The van der Waals surface area contributed by atoms with E-state index in [1.54, 1.807) is 0 Å². The van der Waals surface area contributed by atoms with Crippen molar-refractivity contribution in [2.24, 2.45) is 0 Å². The molecule has 1 heterocycles. The van der Waals surface area contributed by atoms with Crippen LogP contribution in [0.3, 0.4) is 0 Å². The minimum absolute atomic E-state index is 0.00782. The molecule has 76 valence electrons. The van der Waals surface area contributed by atoms with Gasteiger partial charge in [-0.2, -0.15) is 0 Å². The molecule has 0 unspecified atom stereocenters. The molecule has 0 aliphatic carbocycles. The lowest BCUT2D eigenvalue weighted by Gasteiger charge is -2.09. The summed E-state index contributed by atoms with van der Waals surface area (Å²) in [7, 11) is 0. The normalized spacial score (nSPS) is 15.6. The standard InChI is InChI=1S/C11H13ClO2/c12-10-6-11-8(5-9(10)7-13)3-1-2-4-14-11/h5-6,13H,1-4,7H2. The number of benzene rings is 1. The van der Waals surface area contributed by atoms with Crippen molar-refractivity contribution in [3.05, 3.63) is 28.3 Å². The summed E-state index contributed by atoms with van der Waals surface area (Å²) < 4.78 is 5.56. The second kappa shape index (κ2) is 4.20. The van der Waals surface area contributed by atoms with Crippen molar-refractivity contribution >= 4 is 11.6 Å². The second-order valence-corrected chi connectivity index (χ2v) is 3.92. The third-order valence-corrected chi connectivity index (χ3v) is 2.85. The van der Waals surface area contributed by atoms with Crippen LogP contribution in [0.2, 0.25) is 5.02 Å². The number of halogens is 1. The third kappa shape index (κ3) is 1.86.